The van der Waals surface area contributed by atoms with E-state index in [1.54, 1.807) is 19.4 Å². The van der Waals surface area contributed by atoms with Crippen molar-refractivity contribution in [1.82, 2.24) is 9.97 Å². The van der Waals surface area contributed by atoms with Gasteiger partial charge >= 0.3 is 0 Å². The van der Waals surface area contributed by atoms with Gasteiger partial charge < -0.3 is 15.4 Å². The monoisotopic (exact) mass is 208 g/mol. The number of nitrogens with one attached hydrogen (secondary N) is 2. The van der Waals surface area contributed by atoms with Crippen molar-refractivity contribution in [2.45, 2.75) is 0 Å². The molecule has 1 aromatic heterocycles. The molecule has 1 aromatic rings. The smallest absolute Gasteiger partial charge is 0.224 e. The molecule has 0 amide bonds. The summed E-state index contributed by atoms with van der Waals surface area (Å²) in [5.74, 6) is 1.38. The lowest BCUT2D eigenvalue weighted by atomic mass is 10.5. The molecule has 82 valence electrons. The zero-order valence-corrected chi connectivity index (χ0v) is 8.86. The topological polar surface area (TPSA) is 59.1 Å². The first-order valence-corrected chi connectivity index (χ1v) is 4.77. The minimum Gasteiger partial charge on any atom is -0.383 e. The molecule has 0 fully saturated rings. The fourth-order valence-electron chi connectivity index (χ4n) is 0.987. The summed E-state index contributed by atoms with van der Waals surface area (Å²) in [5, 5.41) is 6.13. The standard InChI is InChI=1S/C10H16N4O/c1-3-5-12-10-13-6-4-9(14-10)11-7-8-15-2/h3-4,6H,1,5,7-8H2,2H3,(H2,11,12,13,14). The van der Waals surface area contributed by atoms with E-state index in [0.29, 0.717) is 19.1 Å². The van der Waals surface area contributed by atoms with E-state index < -0.39 is 0 Å². The average Bonchev–Trinajstić information content (AvgIpc) is 2.27. The maximum atomic E-state index is 4.92. The molecule has 0 aliphatic rings. The number of rotatable bonds is 7. The average molecular weight is 208 g/mol. The number of anilines is 2. The summed E-state index contributed by atoms with van der Waals surface area (Å²) in [6.07, 6.45) is 3.46. The van der Waals surface area contributed by atoms with Crippen LogP contribution in [0.25, 0.3) is 0 Å². The molecule has 5 heteroatoms. The van der Waals surface area contributed by atoms with Crippen molar-refractivity contribution in [1.29, 1.82) is 0 Å². The van der Waals surface area contributed by atoms with Gasteiger partial charge in [-0.1, -0.05) is 6.08 Å². The van der Waals surface area contributed by atoms with Gasteiger partial charge in [-0.3, -0.25) is 0 Å². The Labute approximate surface area is 89.6 Å². The zero-order chi connectivity index (χ0) is 10.9. The predicted octanol–water partition coefficient (Wildman–Crippen LogP) is 1.13. The summed E-state index contributed by atoms with van der Waals surface area (Å²) in [5.41, 5.74) is 0. The van der Waals surface area contributed by atoms with Crippen LogP contribution >= 0.6 is 0 Å². The van der Waals surface area contributed by atoms with Gasteiger partial charge in [0.25, 0.3) is 0 Å². The Kier molecular flexibility index (Phi) is 5.18. The molecule has 2 N–H and O–H groups in total. The summed E-state index contributed by atoms with van der Waals surface area (Å²) in [6, 6.07) is 1.81. The summed E-state index contributed by atoms with van der Waals surface area (Å²) in [7, 11) is 1.67. The molecule has 0 atom stereocenters. The minimum atomic E-state index is 0.595. The van der Waals surface area contributed by atoms with Crippen LogP contribution < -0.4 is 10.6 Å². The summed E-state index contributed by atoms with van der Waals surface area (Å²) >= 11 is 0. The molecular weight excluding hydrogens is 192 g/mol. The van der Waals surface area contributed by atoms with Crippen molar-refractivity contribution < 1.29 is 4.74 Å². The quantitative estimate of drug-likeness (QED) is 0.519. The summed E-state index contributed by atoms with van der Waals surface area (Å²) in [6.45, 7) is 5.65. The third kappa shape index (κ3) is 4.42. The van der Waals surface area contributed by atoms with Crippen LogP contribution in [-0.4, -0.2) is 36.8 Å². The summed E-state index contributed by atoms with van der Waals surface area (Å²) < 4.78 is 4.92. The fraction of sp³-hybridized carbons (Fsp3) is 0.400. The van der Waals surface area contributed by atoms with E-state index in [0.717, 1.165) is 12.4 Å². The highest BCUT2D eigenvalue weighted by atomic mass is 16.5. The lowest BCUT2D eigenvalue weighted by Gasteiger charge is -2.06. The van der Waals surface area contributed by atoms with E-state index >= 15 is 0 Å². The van der Waals surface area contributed by atoms with Crippen LogP contribution in [0.15, 0.2) is 24.9 Å². The number of hydrogen-bond donors (Lipinski definition) is 2. The highest BCUT2D eigenvalue weighted by Gasteiger charge is 1.96. The SMILES string of the molecule is C=CCNc1nccc(NCCOC)n1. The molecule has 0 saturated carbocycles. The molecule has 0 aliphatic carbocycles. The van der Waals surface area contributed by atoms with Crippen LogP contribution in [0.3, 0.4) is 0 Å². The number of aromatic nitrogens is 2. The van der Waals surface area contributed by atoms with Crippen molar-refractivity contribution in [3.8, 4) is 0 Å². The van der Waals surface area contributed by atoms with Crippen LogP contribution in [0.1, 0.15) is 0 Å². The highest BCUT2D eigenvalue weighted by Crippen LogP contribution is 2.04. The second-order valence-corrected chi connectivity index (χ2v) is 2.85. The van der Waals surface area contributed by atoms with Crippen molar-refractivity contribution in [2.75, 3.05) is 37.4 Å². The number of nitrogens with zero attached hydrogens (tertiary/aromatic N) is 2. The fourth-order valence-corrected chi connectivity index (χ4v) is 0.987. The van der Waals surface area contributed by atoms with Crippen LogP contribution in [0.2, 0.25) is 0 Å². The van der Waals surface area contributed by atoms with Crippen molar-refractivity contribution in [3.05, 3.63) is 24.9 Å². The van der Waals surface area contributed by atoms with E-state index in [-0.39, 0.29) is 0 Å². The molecule has 0 spiro atoms. The number of ether oxygens (including phenoxy) is 1. The first-order valence-electron chi connectivity index (χ1n) is 4.77. The largest absolute Gasteiger partial charge is 0.383 e. The van der Waals surface area contributed by atoms with Crippen molar-refractivity contribution >= 4 is 11.8 Å². The Balaban J connectivity index is 2.46. The molecule has 0 saturated heterocycles. The van der Waals surface area contributed by atoms with E-state index in [1.165, 1.54) is 0 Å². The van der Waals surface area contributed by atoms with Gasteiger partial charge in [0.15, 0.2) is 0 Å². The van der Waals surface area contributed by atoms with Crippen molar-refractivity contribution in [2.24, 2.45) is 0 Å². The normalized spacial score (nSPS) is 9.67. The Hall–Kier alpha value is -1.62. The third-order valence-corrected chi connectivity index (χ3v) is 1.67. The molecule has 0 radical (unpaired) electrons. The van der Waals surface area contributed by atoms with Gasteiger partial charge in [0.1, 0.15) is 5.82 Å². The Morgan fingerprint density at radius 2 is 2.40 bits per heavy atom. The molecule has 5 nitrogen and oxygen atoms in total. The molecule has 15 heavy (non-hydrogen) atoms. The predicted molar refractivity (Wildman–Crippen MR) is 61.1 cm³/mol. The molecule has 1 rings (SSSR count). The number of hydrogen-bond acceptors (Lipinski definition) is 5. The van der Waals surface area contributed by atoms with Gasteiger partial charge in [0.2, 0.25) is 5.95 Å². The Morgan fingerprint density at radius 3 is 3.13 bits per heavy atom. The van der Waals surface area contributed by atoms with E-state index in [1.807, 2.05) is 6.07 Å². The lowest BCUT2D eigenvalue weighted by Crippen LogP contribution is -2.10. The second-order valence-electron chi connectivity index (χ2n) is 2.85. The van der Waals surface area contributed by atoms with Gasteiger partial charge in [-0.2, -0.15) is 4.98 Å². The van der Waals surface area contributed by atoms with E-state index in [2.05, 4.69) is 27.2 Å². The van der Waals surface area contributed by atoms with Crippen LogP contribution in [0, 0.1) is 0 Å². The molecule has 0 aromatic carbocycles. The molecule has 0 unspecified atom stereocenters. The first kappa shape index (κ1) is 11.5. The maximum absolute atomic E-state index is 4.92. The van der Waals surface area contributed by atoms with E-state index in [4.69, 9.17) is 4.74 Å². The van der Waals surface area contributed by atoms with Crippen molar-refractivity contribution in [3.63, 3.8) is 0 Å². The Morgan fingerprint density at radius 1 is 1.53 bits per heavy atom. The molecule has 0 bridgehead atoms. The van der Waals surface area contributed by atoms with Gasteiger partial charge in [-0.15, -0.1) is 6.58 Å². The van der Waals surface area contributed by atoms with Gasteiger partial charge in [0, 0.05) is 26.4 Å². The summed E-state index contributed by atoms with van der Waals surface area (Å²) in [4.78, 5) is 8.31. The molecule has 0 aliphatic heterocycles. The molecule has 1 heterocycles. The maximum Gasteiger partial charge on any atom is 0.224 e. The minimum absolute atomic E-state index is 0.595. The van der Waals surface area contributed by atoms with Crippen LogP contribution in [-0.2, 0) is 4.74 Å². The lowest BCUT2D eigenvalue weighted by molar-refractivity contribution is 0.210. The second kappa shape index (κ2) is 6.78. The number of methoxy groups -OCH3 is 1. The van der Waals surface area contributed by atoms with Crippen LogP contribution in [0.5, 0.6) is 0 Å². The Bertz CT molecular complexity index is 303. The molecular formula is C10H16N4O. The third-order valence-electron chi connectivity index (χ3n) is 1.67. The van der Waals surface area contributed by atoms with E-state index in [9.17, 15) is 0 Å². The van der Waals surface area contributed by atoms with Crippen LogP contribution in [0.4, 0.5) is 11.8 Å². The first-order chi connectivity index (χ1) is 7.36. The highest BCUT2D eigenvalue weighted by molar-refractivity contribution is 5.39. The van der Waals surface area contributed by atoms with Gasteiger partial charge in [0.05, 0.1) is 6.61 Å². The zero-order valence-electron chi connectivity index (χ0n) is 8.86. The van der Waals surface area contributed by atoms with Gasteiger partial charge in [-0.05, 0) is 6.07 Å². The van der Waals surface area contributed by atoms with Gasteiger partial charge in [-0.25, -0.2) is 4.98 Å².